The number of methoxy groups -OCH3 is 1. The van der Waals surface area contributed by atoms with Gasteiger partial charge in [0, 0.05) is 22.6 Å². The molecule has 3 fully saturated rings. The number of anilines is 2. The lowest BCUT2D eigenvalue weighted by Crippen LogP contribution is -2.53. The van der Waals surface area contributed by atoms with Crippen LogP contribution in [0.1, 0.15) is 29.9 Å². The Morgan fingerprint density at radius 2 is 1.64 bits per heavy atom. The second-order valence-corrected chi connectivity index (χ2v) is 14.2. The molecule has 6 atom stereocenters. The minimum Gasteiger partial charge on any atom is -0.508 e. The summed E-state index contributed by atoms with van der Waals surface area (Å²) in [6, 6.07) is 22.3. The molecule has 0 aromatic heterocycles. The molecule has 2 aliphatic heterocycles. The zero-order chi connectivity index (χ0) is 37.3. The van der Waals surface area contributed by atoms with E-state index in [4.69, 9.17) is 16.3 Å². The molecule has 4 aliphatic rings. The largest absolute Gasteiger partial charge is 0.508 e. The standard InChI is InChI=1S/C39H32BClFN3O8/c1-53-32-18-26(46)13-14-28(32)34-27-15-16-29-33(37(49)44(35(29)47)25-4-2-3-21(17-25)40(51)52)30(27)19-31-36(48)45(43-24-11-9-23(42)10-12-24)38(50)39(31,34)20-5-7-22(41)8-6-20/h2-15,17-18,29-31,33-34,43,46,51-52H,16,19H2,1H3. The Morgan fingerprint density at radius 3 is 2.34 bits per heavy atom. The molecule has 268 valence electrons. The highest BCUT2D eigenvalue weighted by Gasteiger charge is 2.70. The number of phenols is 1. The summed E-state index contributed by atoms with van der Waals surface area (Å²) >= 11 is 6.35. The number of allylic oxidation sites excluding steroid dienone is 2. The molecule has 53 heavy (non-hydrogen) atoms. The Hall–Kier alpha value is -5.50. The SMILES string of the molecule is COc1cc(O)ccc1C1C2=CCC3C(=O)N(c4cccc(B(O)O)c4)C(=O)C3C2CC2C(=O)N(Nc3ccc(F)cc3)C(=O)C21c1ccc(Cl)cc1. The number of hydrogen-bond donors (Lipinski definition) is 4. The monoisotopic (exact) mass is 735 g/mol. The highest BCUT2D eigenvalue weighted by molar-refractivity contribution is 6.58. The Bertz CT molecular complexity index is 2220. The van der Waals surface area contributed by atoms with Crippen molar-refractivity contribution < 1.29 is 43.5 Å². The molecule has 0 radical (unpaired) electrons. The van der Waals surface area contributed by atoms with Gasteiger partial charge in [-0.15, -0.1) is 0 Å². The van der Waals surface area contributed by atoms with Gasteiger partial charge < -0.3 is 19.9 Å². The maximum absolute atomic E-state index is 15.3. The minimum absolute atomic E-state index is 0.0148. The smallest absolute Gasteiger partial charge is 0.488 e. The quantitative estimate of drug-likeness (QED) is 0.125. The van der Waals surface area contributed by atoms with Gasteiger partial charge in [0.25, 0.3) is 11.8 Å². The van der Waals surface area contributed by atoms with Gasteiger partial charge in [0.2, 0.25) is 11.8 Å². The van der Waals surface area contributed by atoms with Crippen LogP contribution in [0.2, 0.25) is 5.02 Å². The Morgan fingerprint density at radius 1 is 0.906 bits per heavy atom. The van der Waals surface area contributed by atoms with E-state index in [0.717, 1.165) is 9.91 Å². The number of hydrazine groups is 1. The first-order valence-corrected chi connectivity index (χ1v) is 17.4. The van der Waals surface area contributed by atoms with E-state index < -0.39 is 71.6 Å². The van der Waals surface area contributed by atoms with Gasteiger partial charge >= 0.3 is 7.12 Å². The van der Waals surface area contributed by atoms with Crippen LogP contribution in [0, 0.1) is 29.5 Å². The Labute approximate surface area is 308 Å². The summed E-state index contributed by atoms with van der Waals surface area (Å²) in [5.41, 5.74) is 3.46. The average molecular weight is 736 g/mol. The number of benzene rings is 4. The molecule has 4 aromatic rings. The molecule has 14 heteroatoms. The molecule has 2 aliphatic carbocycles. The van der Waals surface area contributed by atoms with Crippen molar-refractivity contribution in [3.8, 4) is 11.5 Å². The molecular weight excluding hydrogens is 704 g/mol. The first-order valence-electron chi connectivity index (χ1n) is 17.0. The first kappa shape index (κ1) is 34.6. The van der Waals surface area contributed by atoms with Crippen molar-refractivity contribution in [3.05, 3.63) is 125 Å². The maximum atomic E-state index is 15.3. The van der Waals surface area contributed by atoms with Gasteiger partial charge in [-0.05, 0) is 84.4 Å². The number of halogens is 2. The molecule has 4 aromatic carbocycles. The van der Waals surface area contributed by atoms with E-state index in [-0.39, 0.29) is 41.2 Å². The molecule has 4 amide bonds. The molecule has 11 nitrogen and oxygen atoms in total. The van der Waals surface area contributed by atoms with Gasteiger partial charge in [0.1, 0.15) is 17.3 Å². The zero-order valence-electron chi connectivity index (χ0n) is 28.1. The number of carbonyl (C=O) groups is 4. The lowest BCUT2D eigenvalue weighted by molar-refractivity contribution is -0.138. The third kappa shape index (κ3) is 5.25. The molecule has 4 N–H and O–H groups in total. The fourth-order valence-corrected chi connectivity index (χ4v) is 9.14. The van der Waals surface area contributed by atoms with Crippen LogP contribution in [0.25, 0.3) is 0 Å². The summed E-state index contributed by atoms with van der Waals surface area (Å²) in [6.07, 6.45) is 2.05. The van der Waals surface area contributed by atoms with E-state index in [1.807, 2.05) is 6.08 Å². The number of nitrogens with one attached hydrogen (secondary N) is 1. The summed E-state index contributed by atoms with van der Waals surface area (Å²) in [6.45, 7) is 0. The van der Waals surface area contributed by atoms with E-state index in [0.29, 0.717) is 21.7 Å². The van der Waals surface area contributed by atoms with Crippen molar-refractivity contribution in [2.75, 3.05) is 17.4 Å². The van der Waals surface area contributed by atoms with E-state index in [1.54, 1.807) is 36.4 Å². The van der Waals surface area contributed by atoms with Crippen molar-refractivity contribution in [1.29, 1.82) is 0 Å². The summed E-state index contributed by atoms with van der Waals surface area (Å²) < 4.78 is 19.7. The molecule has 6 unspecified atom stereocenters. The van der Waals surface area contributed by atoms with Crippen LogP contribution in [-0.4, -0.2) is 58.0 Å². The molecule has 1 saturated carbocycles. The predicted molar refractivity (Wildman–Crippen MR) is 192 cm³/mol. The van der Waals surface area contributed by atoms with Crippen molar-refractivity contribution in [1.82, 2.24) is 5.01 Å². The number of aromatic hydroxyl groups is 1. The summed E-state index contributed by atoms with van der Waals surface area (Å²) in [4.78, 5) is 59.7. The fraction of sp³-hybridized carbons (Fsp3) is 0.231. The lowest BCUT2D eigenvalue weighted by atomic mass is 9.49. The first-order chi connectivity index (χ1) is 25.4. The molecule has 8 rings (SSSR count). The molecular formula is C39H32BClFN3O8. The van der Waals surface area contributed by atoms with Gasteiger partial charge in [0.15, 0.2) is 0 Å². The number of rotatable bonds is 7. The summed E-state index contributed by atoms with van der Waals surface area (Å²) in [5, 5.41) is 31.5. The van der Waals surface area contributed by atoms with Crippen LogP contribution >= 0.6 is 11.6 Å². The predicted octanol–water partition coefficient (Wildman–Crippen LogP) is 4.06. The Kier molecular flexibility index (Phi) is 8.40. The number of phenolic OH excluding ortho intramolecular Hbond substituents is 1. The number of nitrogens with zero attached hydrogens (tertiary/aromatic N) is 2. The number of amides is 4. The normalized spacial score (nSPS) is 26.2. The van der Waals surface area contributed by atoms with Gasteiger partial charge in [-0.2, -0.15) is 5.01 Å². The molecule has 2 saturated heterocycles. The van der Waals surface area contributed by atoms with Crippen molar-refractivity contribution in [2.45, 2.75) is 24.2 Å². The van der Waals surface area contributed by atoms with E-state index in [1.165, 1.54) is 61.7 Å². The molecule has 0 bridgehead atoms. The highest BCUT2D eigenvalue weighted by atomic mass is 35.5. The van der Waals surface area contributed by atoms with E-state index in [9.17, 15) is 33.9 Å². The molecule has 2 heterocycles. The summed E-state index contributed by atoms with van der Waals surface area (Å²) in [5.74, 6) is -6.93. The Balaban J connectivity index is 1.33. The second kappa shape index (κ2) is 12.9. The van der Waals surface area contributed by atoms with Gasteiger partial charge in [-0.1, -0.05) is 53.6 Å². The van der Waals surface area contributed by atoms with Crippen LogP contribution in [0.15, 0.2) is 103 Å². The summed E-state index contributed by atoms with van der Waals surface area (Å²) in [7, 11) is -0.398. The molecule has 0 spiro atoms. The van der Waals surface area contributed by atoms with Gasteiger partial charge in [0.05, 0.1) is 41.7 Å². The van der Waals surface area contributed by atoms with Crippen molar-refractivity contribution >= 4 is 59.2 Å². The number of carbonyl (C=O) groups excluding carboxylic acids is 4. The third-order valence-corrected chi connectivity index (χ3v) is 11.5. The van der Waals surface area contributed by atoms with Crippen LogP contribution in [0.3, 0.4) is 0 Å². The lowest BCUT2D eigenvalue weighted by Gasteiger charge is -2.50. The zero-order valence-corrected chi connectivity index (χ0v) is 28.9. The van der Waals surface area contributed by atoms with Gasteiger partial charge in [-0.3, -0.25) is 29.5 Å². The fourth-order valence-electron chi connectivity index (χ4n) is 9.02. The van der Waals surface area contributed by atoms with E-state index in [2.05, 4.69) is 5.43 Å². The third-order valence-electron chi connectivity index (χ3n) is 11.2. The topological polar surface area (TPSA) is 157 Å². The van der Waals surface area contributed by atoms with Crippen LogP contribution in [-0.2, 0) is 24.6 Å². The number of fused-ring (bicyclic) bond motifs is 4. The van der Waals surface area contributed by atoms with Crippen molar-refractivity contribution in [3.63, 3.8) is 0 Å². The minimum atomic E-state index is -1.82. The van der Waals surface area contributed by atoms with Crippen LogP contribution in [0.5, 0.6) is 11.5 Å². The van der Waals surface area contributed by atoms with E-state index >= 15 is 4.79 Å². The van der Waals surface area contributed by atoms with Crippen LogP contribution < -0.4 is 20.5 Å². The average Bonchev–Trinajstić information content (AvgIpc) is 3.53. The van der Waals surface area contributed by atoms with Crippen molar-refractivity contribution in [2.24, 2.45) is 23.7 Å². The number of imide groups is 2. The second-order valence-electron chi connectivity index (χ2n) is 13.8. The van der Waals surface area contributed by atoms with Gasteiger partial charge in [-0.25, -0.2) is 4.39 Å². The maximum Gasteiger partial charge on any atom is 0.488 e. The van der Waals surface area contributed by atoms with Crippen LogP contribution in [0.4, 0.5) is 15.8 Å². The highest BCUT2D eigenvalue weighted by Crippen LogP contribution is 2.65. The number of ether oxygens (including phenoxy) is 1. The number of hydrogen-bond acceptors (Lipinski definition) is 9.